The second-order valence-electron chi connectivity index (χ2n) is 10.9. The van der Waals surface area contributed by atoms with Crippen LogP contribution in [0.3, 0.4) is 0 Å². The Labute approximate surface area is 210 Å². The van der Waals surface area contributed by atoms with Gasteiger partial charge in [-0.25, -0.2) is 9.59 Å². The van der Waals surface area contributed by atoms with Gasteiger partial charge in [0.15, 0.2) is 0 Å². The minimum Gasteiger partial charge on any atom is -0.459 e. The van der Waals surface area contributed by atoms with Crippen molar-refractivity contribution in [3.8, 4) is 0 Å². The largest absolute Gasteiger partial charge is 0.459 e. The Bertz CT molecular complexity index is 1240. The van der Waals surface area contributed by atoms with Crippen LogP contribution in [0.15, 0.2) is 30.3 Å². The Morgan fingerprint density at radius 3 is 2.75 bits per heavy atom. The number of nitrogens with zero attached hydrogens (tertiary/aromatic N) is 1. The molecule has 0 aliphatic carbocycles. The number of β-amino-alcohol motifs (C(OH)–C–C–N with tert-alkyl or cyclic N) is 1. The summed E-state index contributed by atoms with van der Waals surface area (Å²) >= 11 is 0. The summed E-state index contributed by atoms with van der Waals surface area (Å²) in [6, 6.07) is 9.43. The number of hydrogen-bond donors (Lipinski definition) is 3. The van der Waals surface area contributed by atoms with Crippen molar-refractivity contribution in [1.29, 1.82) is 0 Å². The lowest BCUT2D eigenvalue weighted by atomic mass is 9.85. The number of cyclic esters (lactones) is 2. The standard InChI is InChI=1S/C28H32N2O6/c1-15-7-18-8-17(3-4-21(18)27(34)36-15)25(32)12-30-11-19-9-28(30,14-29-19)10-24(31)20-5-6-22-23(16(20)2)13-35-26(22)33/h3-6,8,15,19,24-25,29,31-32H,7,9-14H2,1-2H3/t15-,19-,24-,25+,28-/m1/s1. The molecule has 8 nitrogen and oxygen atoms in total. The van der Waals surface area contributed by atoms with Crippen LogP contribution in [0.1, 0.15) is 80.5 Å². The number of benzene rings is 2. The number of aliphatic hydroxyl groups excluding tert-OH is 2. The zero-order valence-corrected chi connectivity index (χ0v) is 20.6. The zero-order chi connectivity index (χ0) is 25.2. The Morgan fingerprint density at radius 1 is 1.14 bits per heavy atom. The van der Waals surface area contributed by atoms with Crippen LogP contribution in [0.5, 0.6) is 0 Å². The van der Waals surface area contributed by atoms with Gasteiger partial charge in [-0.05, 0) is 61.1 Å². The number of esters is 2. The molecular weight excluding hydrogens is 460 g/mol. The van der Waals surface area contributed by atoms with Crippen molar-refractivity contribution in [3.63, 3.8) is 0 Å². The maximum atomic E-state index is 12.2. The number of hydrogen-bond acceptors (Lipinski definition) is 8. The molecule has 0 saturated carbocycles. The molecule has 36 heavy (non-hydrogen) atoms. The third-order valence-corrected chi connectivity index (χ3v) is 8.54. The highest BCUT2D eigenvalue weighted by atomic mass is 16.5. The van der Waals surface area contributed by atoms with Crippen molar-refractivity contribution in [1.82, 2.24) is 10.2 Å². The molecule has 0 radical (unpaired) electrons. The van der Waals surface area contributed by atoms with E-state index in [0.29, 0.717) is 36.6 Å². The molecule has 190 valence electrons. The number of ether oxygens (including phenoxy) is 2. The monoisotopic (exact) mass is 492 g/mol. The molecule has 2 aromatic carbocycles. The number of carbonyl (C=O) groups excluding carboxylic acids is 2. The third-order valence-electron chi connectivity index (χ3n) is 8.54. The summed E-state index contributed by atoms with van der Waals surface area (Å²) in [7, 11) is 0. The van der Waals surface area contributed by atoms with Crippen LogP contribution in [0, 0.1) is 6.92 Å². The Hall–Kier alpha value is -2.78. The third kappa shape index (κ3) is 3.84. The first-order valence-electron chi connectivity index (χ1n) is 12.7. The normalized spacial score (nSPS) is 28.4. The SMILES string of the molecule is Cc1c([C@H](O)C[C@]23CN[C@@H](CN2C[C@H](O)c2ccc4c(c2)C[C@@H](C)OC4=O)C3)ccc2c1COC2=O. The van der Waals surface area contributed by atoms with Gasteiger partial charge in [-0.2, -0.15) is 0 Å². The van der Waals surface area contributed by atoms with Crippen LogP contribution in [0.2, 0.25) is 0 Å². The van der Waals surface area contributed by atoms with E-state index in [1.165, 1.54) is 0 Å². The minimum atomic E-state index is -0.707. The van der Waals surface area contributed by atoms with Crippen molar-refractivity contribution in [2.24, 2.45) is 0 Å². The van der Waals surface area contributed by atoms with Gasteiger partial charge < -0.3 is 25.0 Å². The summed E-state index contributed by atoms with van der Waals surface area (Å²) in [5.74, 6) is -0.613. The number of piperazine rings is 1. The van der Waals surface area contributed by atoms with Crippen molar-refractivity contribution in [2.45, 2.75) is 69.6 Å². The van der Waals surface area contributed by atoms with Crippen LogP contribution in [-0.4, -0.2) is 64.4 Å². The number of aliphatic hydroxyl groups is 2. The lowest BCUT2D eigenvalue weighted by molar-refractivity contribution is 0.0213. The molecule has 3 N–H and O–H groups in total. The van der Waals surface area contributed by atoms with Crippen molar-refractivity contribution >= 4 is 11.9 Å². The highest BCUT2D eigenvalue weighted by Gasteiger charge is 2.51. The maximum Gasteiger partial charge on any atom is 0.338 e. The molecule has 6 rings (SSSR count). The topological polar surface area (TPSA) is 108 Å². The summed E-state index contributed by atoms with van der Waals surface area (Å²) in [6.07, 6.45) is 0.517. The van der Waals surface area contributed by atoms with E-state index in [2.05, 4.69) is 10.2 Å². The van der Waals surface area contributed by atoms with Gasteiger partial charge in [0.25, 0.3) is 0 Å². The average Bonchev–Trinajstić information content (AvgIpc) is 3.52. The molecule has 2 saturated heterocycles. The Kier molecular flexibility index (Phi) is 5.68. The van der Waals surface area contributed by atoms with Crippen LogP contribution in [0.25, 0.3) is 0 Å². The average molecular weight is 493 g/mol. The smallest absolute Gasteiger partial charge is 0.338 e. The van der Waals surface area contributed by atoms with Crippen molar-refractivity contribution < 1.29 is 29.3 Å². The number of carbonyl (C=O) groups is 2. The van der Waals surface area contributed by atoms with Crippen molar-refractivity contribution in [2.75, 3.05) is 19.6 Å². The fraction of sp³-hybridized carbons (Fsp3) is 0.500. The first-order chi connectivity index (χ1) is 17.2. The van der Waals surface area contributed by atoms with Crippen molar-refractivity contribution in [3.05, 3.63) is 69.3 Å². The number of nitrogens with one attached hydrogen (secondary N) is 1. The lowest BCUT2D eigenvalue weighted by Gasteiger charge is -2.41. The summed E-state index contributed by atoms with van der Waals surface area (Å²) in [4.78, 5) is 26.4. The molecule has 0 unspecified atom stereocenters. The maximum absolute atomic E-state index is 12.2. The van der Waals surface area contributed by atoms with E-state index < -0.39 is 12.2 Å². The Morgan fingerprint density at radius 2 is 1.94 bits per heavy atom. The molecule has 4 aliphatic heterocycles. The van der Waals surface area contributed by atoms with Crippen LogP contribution < -0.4 is 5.32 Å². The lowest BCUT2D eigenvalue weighted by Crippen LogP contribution is -2.54. The summed E-state index contributed by atoms with van der Waals surface area (Å²) in [5, 5.41) is 26.1. The number of rotatable bonds is 6. The van der Waals surface area contributed by atoms with Gasteiger partial charge in [0.05, 0.1) is 23.3 Å². The predicted molar refractivity (Wildman–Crippen MR) is 131 cm³/mol. The minimum absolute atomic E-state index is 0.171. The van der Waals surface area contributed by atoms with E-state index in [0.717, 1.165) is 47.3 Å². The van der Waals surface area contributed by atoms with Gasteiger partial charge in [-0.1, -0.05) is 18.2 Å². The molecule has 0 aromatic heterocycles. The fourth-order valence-corrected chi connectivity index (χ4v) is 6.62. The molecule has 2 bridgehead atoms. The molecule has 8 heteroatoms. The molecular formula is C28H32N2O6. The van der Waals surface area contributed by atoms with E-state index in [4.69, 9.17) is 9.47 Å². The fourth-order valence-electron chi connectivity index (χ4n) is 6.62. The van der Waals surface area contributed by atoms with Gasteiger partial charge in [-0.15, -0.1) is 0 Å². The molecule has 2 fully saturated rings. The molecule has 5 atom stereocenters. The summed E-state index contributed by atoms with van der Waals surface area (Å²) in [6.45, 7) is 6.08. The predicted octanol–water partition coefficient (Wildman–Crippen LogP) is 2.34. The molecule has 4 heterocycles. The number of likely N-dealkylation sites (tertiary alicyclic amines) is 1. The van der Waals surface area contributed by atoms with E-state index in [1.807, 2.05) is 32.0 Å². The quantitative estimate of drug-likeness (QED) is 0.528. The zero-order valence-electron chi connectivity index (χ0n) is 20.6. The van der Waals surface area contributed by atoms with E-state index >= 15 is 0 Å². The van der Waals surface area contributed by atoms with Crippen LogP contribution >= 0.6 is 0 Å². The second kappa shape index (κ2) is 8.66. The summed E-state index contributed by atoms with van der Waals surface area (Å²) < 4.78 is 10.5. The van der Waals surface area contributed by atoms with E-state index in [1.54, 1.807) is 12.1 Å². The van der Waals surface area contributed by atoms with Crippen LogP contribution in [-0.2, 0) is 22.5 Å². The van der Waals surface area contributed by atoms with Crippen LogP contribution in [0.4, 0.5) is 0 Å². The van der Waals surface area contributed by atoms with E-state index in [-0.39, 0.29) is 30.2 Å². The first-order valence-corrected chi connectivity index (χ1v) is 12.7. The second-order valence-corrected chi connectivity index (χ2v) is 10.9. The highest BCUT2D eigenvalue weighted by Crippen LogP contribution is 2.43. The van der Waals surface area contributed by atoms with E-state index in [9.17, 15) is 19.8 Å². The van der Waals surface area contributed by atoms with Gasteiger partial charge in [0.1, 0.15) is 12.7 Å². The molecule has 2 aromatic rings. The summed E-state index contributed by atoms with van der Waals surface area (Å²) in [5.41, 5.74) is 5.20. The van der Waals surface area contributed by atoms with Gasteiger partial charge in [0.2, 0.25) is 0 Å². The molecule has 0 spiro atoms. The highest BCUT2D eigenvalue weighted by molar-refractivity contribution is 5.94. The molecule has 0 amide bonds. The van der Waals surface area contributed by atoms with Gasteiger partial charge in [0, 0.05) is 43.2 Å². The first kappa shape index (κ1) is 23.6. The number of fused-ring (bicyclic) bond motifs is 4. The van der Waals surface area contributed by atoms with Gasteiger partial charge >= 0.3 is 11.9 Å². The molecule has 4 aliphatic rings. The van der Waals surface area contributed by atoms with Gasteiger partial charge in [-0.3, -0.25) is 4.90 Å². The Balaban J connectivity index is 1.20.